The molecule has 1 aromatic heterocycles. The maximum absolute atomic E-state index is 13.6. The van der Waals surface area contributed by atoms with Gasteiger partial charge in [0.15, 0.2) is 0 Å². The van der Waals surface area contributed by atoms with Gasteiger partial charge >= 0.3 is 0 Å². The molecule has 0 bridgehead atoms. The van der Waals surface area contributed by atoms with Crippen LogP contribution >= 0.6 is 0 Å². The van der Waals surface area contributed by atoms with E-state index in [4.69, 9.17) is 0 Å². The fraction of sp³-hybridized carbons (Fsp3) is 0.158. The lowest BCUT2D eigenvalue weighted by atomic mass is 9.87. The van der Waals surface area contributed by atoms with Crippen LogP contribution in [0.4, 0.5) is 10.2 Å². The third-order valence-electron chi connectivity index (χ3n) is 4.41. The minimum Gasteiger partial charge on any atom is -0.310 e. The molecule has 0 saturated carbocycles. The number of nitrogens with one attached hydrogen (secondary N) is 1. The quantitative estimate of drug-likeness (QED) is 0.780. The number of benzene rings is 2. The number of fused-ring (bicyclic) bond motifs is 1. The van der Waals surface area contributed by atoms with Crippen molar-refractivity contribution in [2.24, 2.45) is 0 Å². The highest BCUT2D eigenvalue weighted by Gasteiger charge is 2.30. The second-order valence-corrected chi connectivity index (χ2v) is 6.01. The average molecular weight is 321 g/mol. The maximum Gasteiger partial charge on any atom is 0.226 e. The lowest BCUT2D eigenvalue weighted by Crippen LogP contribution is -2.24. The first kappa shape index (κ1) is 14.6. The summed E-state index contributed by atoms with van der Waals surface area (Å²) in [7, 11) is 0. The second kappa shape index (κ2) is 5.60. The highest BCUT2D eigenvalue weighted by molar-refractivity contribution is 5.94. The molecular formula is C19H16FN3O. The van der Waals surface area contributed by atoms with Gasteiger partial charge in [-0.1, -0.05) is 30.3 Å². The van der Waals surface area contributed by atoms with E-state index in [1.165, 1.54) is 12.1 Å². The Kier molecular flexibility index (Phi) is 3.41. The number of carbonyl (C=O) groups is 1. The van der Waals surface area contributed by atoms with Crippen molar-refractivity contribution in [2.45, 2.75) is 19.3 Å². The van der Waals surface area contributed by atoms with E-state index < -0.39 is 0 Å². The highest BCUT2D eigenvalue weighted by atomic mass is 19.1. The molecule has 1 N–H and O–H groups in total. The van der Waals surface area contributed by atoms with E-state index in [9.17, 15) is 9.18 Å². The van der Waals surface area contributed by atoms with Crippen molar-refractivity contribution in [3.8, 4) is 5.69 Å². The van der Waals surface area contributed by atoms with Gasteiger partial charge in [-0.15, -0.1) is 0 Å². The smallest absolute Gasteiger partial charge is 0.226 e. The van der Waals surface area contributed by atoms with Gasteiger partial charge in [-0.3, -0.25) is 4.79 Å². The molecule has 4 rings (SSSR count). The first-order valence-electron chi connectivity index (χ1n) is 7.83. The Bertz CT molecular complexity index is 932. The normalized spacial score (nSPS) is 16.6. The Hall–Kier alpha value is -2.95. The molecule has 24 heavy (non-hydrogen) atoms. The standard InChI is InChI=1S/C19H16FN3O/c1-12-5-2-3-8-17(12)23-19-16(11-21-23)15(10-18(24)22-19)13-6-4-7-14(20)9-13/h2-9,11,15H,10H2,1H3,(H,22,24). The Morgan fingerprint density at radius 2 is 2.04 bits per heavy atom. The average Bonchev–Trinajstić information content (AvgIpc) is 2.98. The number of hydrogen-bond donors (Lipinski definition) is 1. The van der Waals surface area contributed by atoms with Crippen LogP contribution in [0.25, 0.3) is 5.69 Å². The van der Waals surface area contributed by atoms with Crippen molar-refractivity contribution in [3.63, 3.8) is 0 Å². The summed E-state index contributed by atoms with van der Waals surface area (Å²) in [6.07, 6.45) is 2.05. The van der Waals surface area contributed by atoms with Crippen LogP contribution in [0.3, 0.4) is 0 Å². The molecule has 4 nitrogen and oxygen atoms in total. The zero-order valence-electron chi connectivity index (χ0n) is 13.2. The van der Waals surface area contributed by atoms with Crippen LogP contribution in [0.2, 0.25) is 0 Å². The lowest BCUT2D eigenvalue weighted by molar-refractivity contribution is -0.116. The van der Waals surface area contributed by atoms with E-state index in [2.05, 4.69) is 10.4 Å². The predicted molar refractivity (Wildman–Crippen MR) is 89.8 cm³/mol. The molecule has 1 aliphatic rings. The largest absolute Gasteiger partial charge is 0.310 e. The summed E-state index contributed by atoms with van der Waals surface area (Å²) in [6.45, 7) is 2.00. The van der Waals surface area contributed by atoms with Gasteiger partial charge < -0.3 is 5.32 Å². The van der Waals surface area contributed by atoms with Gasteiger partial charge in [0.05, 0.1) is 11.9 Å². The monoisotopic (exact) mass is 321 g/mol. The summed E-state index contributed by atoms with van der Waals surface area (Å²) in [5.74, 6) is 0.0791. The highest BCUT2D eigenvalue weighted by Crippen LogP contribution is 2.38. The molecule has 0 fully saturated rings. The topological polar surface area (TPSA) is 46.9 Å². The number of rotatable bonds is 2. The van der Waals surface area contributed by atoms with Crippen molar-refractivity contribution in [1.29, 1.82) is 0 Å². The summed E-state index contributed by atoms with van der Waals surface area (Å²) in [5, 5.41) is 7.39. The van der Waals surface area contributed by atoms with Crippen LogP contribution in [-0.4, -0.2) is 15.7 Å². The molecule has 0 spiro atoms. The first-order valence-corrected chi connectivity index (χ1v) is 7.83. The van der Waals surface area contributed by atoms with Crippen LogP contribution in [0.15, 0.2) is 54.7 Å². The van der Waals surface area contributed by atoms with E-state index >= 15 is 0 Å². The molecule has 3 aromatic rings. The molecule has 2 heterocycles. The zero-order chi connectivity index (χ0) is 16.7. The van der Waals surface area contributed by atoms with E-state index in [0.717, 1.165) is 22.4 Å². The number of amides is 1. The maximum atomic E-state index is 13.6. The molecule has 0 radical (unpaired) electrons. The van der Waals surface area contributed by atoms with Crippen molar-refractivity contribution in [1.82, 2.24) is 9.78 Å². The van der Waals surface area contributed by atoms with Crippen LogP contribution in [-0.2, 0) is 4.79 Å². The van der Waals surface area contributed by atoms with Gasteiger partial charge in [-0.25, -0.2) is 9.07 Å². The van der Waals surface area contributed by atoms with Gasteiger partial charge in [0.25, 0.3) is 0 Å². The Morgan fingerprint density at radius 3 is 2.83 bits per heavy atom. The van der Waals surface area contributed by atoms with Crippen LogP contribution < -0.4 is 5.32 Å². The van der Waals surface area contributed by atoms with Gasteiger partial charge in [0.2, 0.25) is 5.91 Å². The van der Waals surface area contributed by atoms with Crippen molar-refractivity contribution < 1.29 is 9.18 Å². The van der Waals surface area contributed by atoms with Crippen molar-refractivity contribution >= 4 is 11.7 Å². The number of carbonyl (C=O) groups excluding carboxylic acids is 1. The van der Waals surface area contributed by atoms with Gasteiger partial charge in [0.1, 0.15) is 11.6 Å². The van der Waals surface area contributed by atoms with Crippen LogP contribution in [0, 0.1) is 12.7 Å². The molecule has 120 valence electrons. The fourth-order valence-electron chi connectivity index (χ4n) is 3.22. The Morgan fingerprint density at radius 1 is 1.21 bits per heavy atom. The summed E-state index contributed by atoms with van der Waals surface area (Å²) in [4.78, 5) is 12.2. The Labute approximate surface area is 138 Å². The molecule has 1 aliphatic heterocycles. The predicted octanol–water partition coefficient (Wildman–Crippen LogP) is 3.79. The summed E-state index contributed by atoms with van der Waals surface area (Å²) >= 11 is 0. The minimum atomic E-state index is -0.300. The number of hydrogen-bond acceptors (Lipinski definition) is 2. The van der Waals surface area contributed by atoms with Crippen LogP contribution in [0.5, 0.6) is 0 Å². The zero-order valence-corrected chi connectivity index (χ0v) is 13.2. The van der Waals surface area contributed by atoms with Gasteiger partial charge in [0, 0.05) is 17.9 Å². The van der Waals surface area contributed by atoms with E-state index in [0.29, 0.717) is 5.82 Å². The molecule has 1 unspecified atom stereocenters. The SMILES string of the molecule is Cc1ccccc1-n1ncc2c1NC(=O)CC2c1cccc(F)c1. The van der Waals surface area contributed by atoms with Gasteiger partial charge in [-0.05, 0) is 36.2 Å². The lowest BCUT2D eigenvalue weighted by Gasteiger charge is -2.24. The number of aryl methyl sites for hydroxylation is 1. The van der Waals surface area contributed by atoms with Crippen molar-refractivity contribution in [2.75, 3.05) is 5.32 Å². The third-order valence-corrected chi connectivity index (χ3v) is 4.41. The number of halogens is 1. The molecule has 2 aromatic carbocycles. The van der Waals surface area contributed by atoms with Crippen LogP contribution in [0.1, 0.15) is 29.0 Å². The Balaban J connectivity index is 1.85. The fourth-order valence-corrected chi connectivity index (χ4v) is 3.22. The summed E-state index contributed by atoms with van der Waals surface area (Å²) in [5.41, 5.74) is 3.67. The van der Waals surface area contributed by atoms with Crippen molar-refractivity contribution in [3.05, 3.63) is 77.2 Å². The summed E-state index contributed by atoms with van der Waals surface area (Å²) < 4.78 is 15.3. The van der Waals surface area contributed by atoms with E-state index in [-0.39, 0.29) is 24.1 Å². The summed E-state index contributed by atoms with van der Waals surface area (Å²) in [6, 6.07) is 14.3. The van der Waals surface area contributed by atoms with E-state index in [1.807, 2.05) is 37.3 Å². The first-order chi connectivity index (χ1) is 11.6. The molecular weight excluding hydrogens is 305 g/mol. The third kappa shape index (κ3) is 2.38. The number of para-hydroxylation sites is 1. The minimum absolute atomic E-state index is 0.0907. The molecule has 0 aliphatic carbocycles. The molecule has 1 atom stereocenters. The molecule has 5 heteroatoms. The number of anilines is 1. The number of nitrogens with zero attached hydrogens (tertiary/aromatic N) is 2. The van der Waals surface area contributed by atoms with Gasteiger partial charge in [-0.2, -0.15) is 5.10 Å². The molecule has 1 amide bonds. The second-order valence-electron chi connectivity index (χ2n) is 6.01. The number of aromatic nitrogens is 2. The van der Waals surface area contributed by atoms with E-state index in [1.54, 1.807) is 16.9 Å². The molecule has 0 saturated heterocycles.